The van der Waals surface area contributed by atoms with Crippen LogP contribution in [-0.2, 0) is 9.84 Å². The standard InChI is InChI=1S/C13H13FN2O3S/c14-10-3-1-9(2-4-10)12-7-13(17)16(15-12)11-5-6-20(18,19)8-11/h1-4,7,11,15H,5-6,8H2. The molecule has 1 unspecified atom stereocenters. The van der Waals surface area contributed by atoms with Crippen LogP contribution in [0, 0.1) is 5.82 Å². The van der Waals surface area contributed by atoms with Gasteiger partial charge in [-0.15, -0.1) is 0 Å². The molecule has 0 aliphatic carbocycles. The molecule has 0 spiro atoms. The van der Waals surface area contributed by atoms with Crippen molar-refractivity contribution in [2.45, 2.75) is 12.5 Å². The van der Waals surface area contributed by atoms with Crippen LogP contribution in [0.2, 0.25) is 0 Å². The second-order valence-corrected chi connectivity index (χ2v) is 7.17. The molecule has 2 aromatic rings. The second kappa shape index (κ2) is 4.59. The summed E-state index contributed by atoms with van der Waals surface area (Å²) in [5, 5.41) is 2.91. The number of benzene rings is 1. The number of aromatic nitrogens is 2. The van der Waals surface area contributed by atoms with Gasteiger partial charge in [-0.05, 0) is 36.2 Å². The molecule has 1 aliphatic rings. The van der Waals surface area contributed by atoms with Gasteiger partial charge < -0.3 is 0 Å². The average Bonchev–Trinajstić information content (AvgIpc) is 2.93. The molecule has 1 fully saturated rings. The lowest BCUT2D eigenvalue weighted by molar-refractivity contribution is 0.487. The van der Waals surface area contributed by atoms with Crippen LogP contribution in [0.4, 0.5) is 4.39 Å². The highest BCUT2D eigenvalue weighted by Crippen LogP contribution is 2.23. The molecule has 20 heavy (non-hydrogen) atoms. The molecule has 106 valence electrons. The Hall–Kier alpha value is -1.89. The fourth-order valence-electron chi connectivity index (χ4n) is 2.44. The van der Waals surface area contributed by atoms with Gasteiger partial charge in [0.25, 0.3) is 5.56 Å². The van der Waals surface area contributed by atoms with Crippen molar-refractivity contribution in [2.75, 3.05) is 11.5 Å². The predicted molar refractivity (Wildman–Crippen MR) is 72.8 cm³/mol. The summed E-state index contributed by atoms with van der Waals surface area (Å²) in [7, 11) is -3.05. The molecule has 0 radical (unpaired) electrons. The Bertz CT molecular complexity index is 790. The monoisotopic (exact) mass is 296 g/mol. The third-order valence-corrected chi connectivity index (χ3v) is 5.23. The van der Waals surface area contributed by atoms with Crippen molar-refractivity contribution in [1.29, 1.82) is 0 Å². The minimum absolute atomic E-state index is 0.0176. The van der Waals surface area contributed by atoms with Crippen LogP contribution in [0.25, 0.3) is 11.3 Å². The summed E-state index contributed by atoms with van der Waals surface area (Å²) in [5.41, 5.74) is 0.967. The van der Waals surface area contributed by atoms with Gasteiger partial charge in [0.05, 0.1) is 23.2 Å². The highest BCUT2D eigenvalue weighted by molar-refractivity contribution is 7.91. The number of halogens is 1. The first kappa shape index (κ1) is 13.1. The van der Waals surface area contributed by atoms with Crippen LogP contribution < -0.4 is 5.56 Å². The molecule has 0 amide bonds. The van der Waals surface area contributed by atoms with Gasteiger partial charge in [0, 0.05) is 6.07 Å². The number of rotatable bonds is 2. The molecule has 7 heteroatoms. The van der Waals surface area contributed by atoms with E-state index in [0.717, 1.165) is 0 Å². The van der Waals surface area contributed by atoms with Crippen molar-refractivity contribution < 1.29 is 12.8 Å². The van der Waals surface area contributed by atoms with E-state index in [9.17, 15) is 17.6 Å². The third-order valence-electron chi connectivity index (χ3n) is 3.47. The van der Waals surface area contributed by atoms with E-state index < -0.39 is 9.84 Å². The molecule has 2 heterocycles. The summed E-state index contributed by atoms with van der Waals surface area (Å²) in [6.45, 7) is 0. The van der Waals surface area contributed by atoms with Crippen LogP contribution in [-0.4, -0.2) is 29.7 Å². The van der Waals surface area contributed by atoms with Crippen molar-refractivity contribution in [2.24, 2.45) is 0 Å². The number of H-pyrrole nitrogens is 1. The lowest BCUT2D eigenvalue weighted by Gasteiger charge is -2.08. The van der Waals surface area contributed by atoms with E-state index in [1.54, 1.807) is 12.1 Å². The first-order chi connectivity index (χ1) is 9.44. The highest BCUT2D eigenvalue weighted by Gasteiger charge is 2.30. The smallest absolute Gasteiger partial charge is 0.267 e. The molecule has 3 rings (SSSR count). The molecule has 1 aromatic carbocycles. The molecule has 1 aromatic heterocycles. The molecular weight excluding hydrogens is 283 g/mol. The average molecular weight is 296 g/mol. The van der Waals surface area contributed by atoms with E-state index in [4.69, 9.17) is 0 Å². The first-order valence-electron chi connectivity index (χ1n) is 6.22. The Morgan fingerprint density at radius 2 is 1.95 bits per heavy atom. The van der Waals surface area contributed by atoms with Crippen LogP contribution >= 0.6 is 0 Å². The molecule has 1 aliphatic heterocycles. The Balaban J connectivity index is 1.96. The Labute approximate surface area is 115 Å². The maximum Gasteiger partial charge on any atom is 0.267 e. The summed E-state index contributed by atoms with van der Waals surface area (Å²) >= 11 is 0. The molecule has 5 nitrogen and oxygen atoms in total. The Morgan fingerprint density at radius 1 is 1.25 bits per heavy atom. The lowest BCUT2D eigenvalue weighted by atomic mass is 10.1. The van der Waals surface area contributed by atoms with Gasteiger partial charge in [0.1, 0.15) is 5.82 Å². The van der Waals surface area contributed by atoms with E-state index >= 15 is 0 Å². The zero-order valence-corrected chi connectivity index (χ0v) is 11.4. The topological polar surface area (TPSA) is 71.9 Å². The van der Waals surface area contributed by atoms with Crippen molar-refractivity contribution in [1.82, 2.24) is 9.78 Å². The van der Waals surface area contributed by atoms with Gasteiger partial charge >= 0.3 is 0 Å². The van der Waals surface area contributed by atoms with E-state index in [1.807, 2.05) is 0 Å². The predicted octanol–water partition coefficient (Wildman–Crippen LogP) is 1.34. The zero-order valence-electron chi connectivity index (χ0n) is 10.5. The van der Waals surface area contributed by atoms with Gasteiger partial charge in [-0.2, -0.15) is 0 Å². The quantitative estimate of drug-likeness (QED) is 0.909. The van der Waals surface area contributed by atoms with Gasteiger partial charge in [-0.1, -0.05) is 0 Å². The minimum atomic E-state index is -3.05. The summed E-state index contributed by atoms with van der Waals surface area (Å²) in [5.74, 6) is -0.261. The number of nitrogens with one attached hydrogen (secondary N) is 1. The molecule has 0 saturated carbocycles. The van der Waals surface area contributed by atoms with Gasteiger partial charge in [-0.3, -0.25) is 9.89 Å². The Morgan fingerprint density at radius 3 is 2.55 bits per heavy atom. The maximum absolute atomic E-state index is 12.9. The van der Waals surface area contributed by atoms with Crippen molar-refractivity contribution in [3.8, 4) is 11.3 Å². The first-order valence-corrected chi connectivity index (χ1v) is 8.05. The molecule has 1 atom stereocenters. The van der Waals surface area contributed by atoms with Crippen LogP contribution in [0.5, 0.6) is 0 Å². The van der Waals surface area contributed by atoms with E-state index in [1.165, 1.54) is 22.9 Å². The maximum atomic E-state index is 12.9. The number of hydrogen-bond donors (Lipinski definition) is 1. The minimum Gasteiger partial charge on any atom is -0.295 e. The van der Waals surface area contributed by atoms with Gasteiger partial charge in [0.2, 0.25) is 0 Å². The van der Waals surface area contributed by atoms with E-state index in [0.29, 0.717) is 17.7 Å². The lowest BCUT2D eigenvalue weighted by Crippen LogP contribution is -2.22. The van der Waals surface area contributed by atoms with Crippen molar-refractivity contribution in [3.05, 3.63) is 46.5 Å². The summed E-state index contributed by atoms with van der Waals surface area (Å²) in [6.07, 6.45) is 0.436. The molecular formula is C13H13FN2O3S. The summed E-state index contributed by atoms with van der Waals surface area (Å²) < 4.78 is 37.2. The zero-order chi connectivity index (χ0) is 14.3. The number of hydrogen-bond acceptors (Lipinski definition) is 3. The van der Waals surface area contributed by atoms with Crippen molar-refractivity contribution >= 4 is 9.84 Å². The fraction of sp³-hybridized carbons (Fsp3) is 0.308. The summed E-state index contributed by atoms with van der Waals surface area (Å²) in [4.78, 5) is 11.9. The van der Waals surface area contributed by atoms with Gasteiger partial charge in [-0.25, -0.2) is 17.5 Å². The van der Waals surface area contributed by atoms with Gasteiger partial charge in [0.15, 0.2) is 9.84 Å². The van der Waals surface area contributed by atoms with Crippen LogP contribution in [0.3, 0.4) is 0 Å². The normalized spacial score (nSPS) is 21.1. The second-order valence-electron chi connectivity index (χ2n) is 4.94. The largest absolute Gasteiger partial charge is 0.295 e. The molecule has 1 N–H and O–H groups in total. The number of aromatic amines is 1. The SMILES string of the molecule is O=c1cc(-c2ccc(F)cc2)[nH]n1C1CCS(=O)(=O)C1. The number of sulfone groups is 1. The van der Waals surface area contributed by atoms with Crippen LogP contribution in [0.1, 0.15) is 12.5 Å². The third kappa shape index (κ3) is 2.40. The Kier molecular flexibility index (Phi) is 3.01. The van der Waals surface area contributed by atoms with E-state index in [-0.39, 0.29) is 28.9 Å². The van der Waals surface area contributed by atoms with E-state index in [2.05, 4.69) is 5.10 Å². The fourth-order valence-corrected chi connectivity index (χ4v) is 4.14. The van der Waals surface area contributed by atoms with Crippen LogP contribution in [0.15, 0.2) is 35.1 Å². The molecule has 1 saturated heterocycles. The summed E-state index contributed by atoms with van der Waals surface area (Å²) in [6, 6.07) is 6.81. The highest BCUT2D eigenvalue weighted by atomic mass is 32.2. The van der Waals surface area contributed by atoms with Crippen molar-refractivity contribution in [3.63, 3.8) is 0 Å². The number of nitrogens with zero attached hydrogens (tertiary/aromatic N) is 1. The molecule has 0 bridgehead atoms.